The van der Waals surface area contributed by atoms with Crippen LogP contribution < -0.4 is 26.2 Å². The molecule has 0 bridgehead atoms. The third kappa shape index (κ3) is 12.7. The van der Waals surface area contributed by atoms with Crippen molar-refractivity contribution in [2.45, 2.75) is 84.1 Å². The Morgan fingerprint density at radius 1 is 1.10 bits per heavy atom. The predicted molar refractivity (Wildman–Crippen MR) is 206 cm³/mol. The second kappa shape index (κ2) is 19.2. The van der Waals surface area contributed by atoms with Gasteiger partial charge in [0.2, 0.25) is 11.8 Å². The number of nitrogens with two attached hydrogens (primary N) is 1. The average Bonchev–Trinajstić information content (AvgIpc) is 3.45. The number of unbranched alkanes of at least 4 members (excludes halogenated alkanes) is 3. The van der Waals surface area contributed by atoms with Crippen LogP contribution in [0.15, 0.2) is 76.9 Å². The van der Waals surface area contributed by atoms with Crippen molar-refractivity contribution in [1.29, 1.82) is 0 Å². The molecule has 11 nitrogen and oxygen atoms in total. The van der Waals surface area contributed by atoms with Crippen LogP contribution in [0.1, 0.15) is 78.3 Å². The van der Waals surface area contributed by atoms with E-state index in [4.69, 9.17) is 10.6 Å². The molecule has 3 heterocycles. The molecule has 4 aromatic rings. The number of likely N-dealkylation sites (tertiary alicyclic amines) is 1. The fraction of sp³-hybridized carbons (Fsp3) is 0.447. The Kier molecular flexibility index (Phi) is 14.8. The lowest BCUT2D eigenvalue weighted by atomic mass is 9.93. The highest BCUT2D eigenvalue weighted by atomic mass is 32.1. The van der Waals surface area contributed by atoms with Crippen LogP contribution in [0, 0.1) is 11.8 Å². The van der Waals surface area contributed by atoms with Crippen LogP contribution in [-0.2, 0) is 19.8 Å². The second-order valence-corrected chi connectivity index (χ2v) is 15.5. The molecule has 2 aromatic heterocycles. The van der Waals surface area contributed by atoms with Crippen molar-refractivity contribution in [1.82, 2.24) is 20.3 Å². The number of amides is 3. The van der Waals surface area contributed by atoms with Gasteiger partial charge in [-0.2, -0.15) is 5.48 Å². The summed E-state index contributed by atoms with van der Waals surface area (Å²) in [5.74, 6) is 0.594. The summed E-state index contributed by atoms with van der Waals surface area (Å²) in [7, 11) is 0. The number of rotatable bonds is 12. The SMILES string of the molecule is CC(C)(C)c1csc(NCC(=O)N2CCCC2C(N)=O)n1.CCCCC/C=C\C1C[C@@H]1C(=O)NOc1ccccc1.O=c1[nH]c2ccccc2s1. The molecule has 2 fully saturated rings. The fourth-order valence-electron chi connectivity index (χ4n) is 5.39. The lowest BCUT2D eigenvalue weighted by Gasteiger charge is -2.22. The number of carbonyl (C=O) groups excluding carboxylic acids is 3. The van der Waals surface area contributed by atoms with Crippen LogP contribution in [0.4, 0.5) is 5.13 Å². The van der Waals surface area contributed by atoms with E-state index in [1.165, 1.54) is 41.9 Å². The highest BCUT2D eigenvalue weighted by molar-refractivity contribution is 7.16. The maximum Gasteiger partial charge on any atom is 0.305 e. The standard InChI is InChI=1S/C17H23NO2.C14H22N4O2S.C7H5NOS/c1-2-3-4-5-7-10-14-13-16(14)17(19)18-20-15-11-8-6-9-12-15;1-14(2,3)10-8-21-13(17-10)16-7-11(19)18-6-4-5-9(18)12(15)20;9-7-8-5-3-1-2-4-6(5)10-7/h6-12,14,16H,2-5,13H2,1H3,(H,18,19);8-9H,4-7H2,1-3H3,(H2,15,20)(H,16,17);1-4H,(H,8,9)/b10-7-;;/t14?,16-;;/m0../s1. The summed E-state index contributed by atoms with van der Waals surface area (Å²) in [5.41, 5.74) is 9.77. The van der Waals surface area contributed by atoms with E-state index >= 15 is 0 Å². The molecule has 3 amide bonds. The summed E-state index contributed by atoms with van der Waals surface area (Å²) >= 11 is 2.72. The minimum atomic E-state index is -0.458. The number of anilines is 1. The van der Waals surface area contributed by atoms with Gasteiger partial charge in [0.25, 0.3) is 5.91 Å². The lowest BCUT2D eigenvalue weighted by molar-refractivity contribution is -0.135. The van der Waals surface area contributed by atoms with Gasteiger partial charge in [-0.05, 0) is 62.3 Å². The number of primary amides is 1. The Morgan fingerprint density at radius 2 is 1.84 bits per heavy atom. The molecule has 1 aliphatic carbocycles. The Hall–Kier alpha value is -4.49. The van der Waals surface area contributed by atoms with E-state index in [9.17, 15) is 19.2 Å². The van der Waals surface area contributed by atoms with Gasteiger partial charge >= 0.3 is 4.87 Å². The smallest absolute Gasteiger partial charge is 0.305 e. The molecule has 274 valence electrons. The van der Waals surface area contributed by atoms with Gasteiger partial charge in [0.05, 0.1) is 22.5 Å². The third-order valence-electron chi connectivity index (χ3n) is 8.44. The molecule has 1 saturated carbocycles. The molecule has 51 heavy (non-hydrogen) atoms. The van der Waals surface area contributed by atoms with E-state index in [1.54, 1.807) is 4.90 Å². The van der Waals surface area contributed by atoms with E-state index in [2.05, 4.69) is 60.6 Å². The van der Waals surface area contributed by atoms with Crippen LogP contribution in [-0.4, -0.2) is 51.7 Å². The van der Waals surface area contributed by atoms with Gasteiger partial charge in [-0.3, -0.25) is 19.2 Å². The molecule has 2 unspecified atom stereocenters. The number of para-hydroxylation sites is 2. The van der Waals surface area contributed by atoms with Gasteiger partial charge in [-0.25, -0.2) is 4.98 Å². The van der Waals surface area contributed by atoms with Crippen molar-refractivity contribution in [3.63, 3.8) is 0 Å². The number of thiazole rings is 2. The Morgan fingerprint density at radius 3 is 2.53 bits per heavy atom. The zero-order chi connectivity index (χ0) is 36.8. The van der Waals surface area contributed by atoms with Crippen molar-refractivity contribution < 1.29 is 19.2 Å². The number of aromatic amines is 1. The Labute approximate surface area is 307 Å². The minimum Gasteiger partial charge on any atom is -0.380 e. The van der Waals surface area contributed by atoms with Gasteiger partial charge in [0, 0.05) is 23.3 Å². The van der Waals surface area contributed by atoms with E-state index in [1.807, 2.05) is 60.0 Å². The highest BCUT2D eigenvalue weighted by Crippen LogP contribution is 2.40. The van der Waals surface area contributed by atoms with Crippen LogP contribution in [0.2, 0.25) is 0 Å². The lowest BCUT2D eigenvalue weighted by Crippen LogP contribution is -2.45. The summed E-state index contributed by atoms with van der Waals surface area (Å²) in [4.78, 5) is 60.1. The van der Waals surface area contributed by atoms with E-state index < -0.39 is 11.9 Å². The first-order valence-corrected chi connectivity index (χ1v) is 19.2. The number of fused-ring (bicyclic) bond motifs is 1. The maximum absolute atomic E-state index is 12.2. The largest absolute Gasteiger partial charge is 0.380 e. The number of H-pyrrole nitrogens is 1. The topological polar surface area (TPSA) is 160 Å². The van der Waals surface area contributed by atoms with Crippen LogP contribution in [0.3, 0.4) is 0 Å². The molecule has 1 saturated heterocycles. The number of nitrogens with zero attached hydrogens (tertiary/aromatic N) is 2. The van der Waals surface area contributed by atoms with E-state index in [-0.39, 0.29) is 34.6 Å². The summed E-state index contributed by atoms with van der Waals surface area (Å²) in [5, 5.41) is 5.76. The molecule has 0 spiro atoms. The van der Waals surface area contributed by atoms with Gasteiger partial charge in [-0.15, -0.1) is 11.3 Å². The van der Waals surface area contributed by atoms with Crippen molar-refractivity contribution in [3.8, 4) is 5.75 Å². The second-order valence-electron chi connectivity index (χ2n) is 13.6. The summed E-state index contributed by atoms with van der Waals surface area (Å²) in [6.45, 7) is 9.23. The molecule has 2 aromatic carbocycles. The van der Waals surface area contributed by atoms with Crippen molar-refractivity contribution in [3.05, 3.63) is 87.5 Å². The van der Waals surface area contributed by atoms with Gasteiger partial charge in [0.15, 0.2) is 10.9 Å². The molecular formula is C38H50N6O5S2. The van der Waals surface area contributed by atoms with Crippen LogP contribution >= 0.6 is 22.7 Å². The predicted octanol–water partition coefficient (Wildman–Crippen LogP) is 6.79. The quantitative estimate of drug-likeness (QED) is 0.0709. The first-order valence-electron chi connectivity index (χ1n) is 17.5. The Balaban J connectivity index is 0.000000181. The zero-order valence-corrected chi connectivity index (χ0v) is 31.5. The third-order valence-corrected chi connectivity index (χ3v) is 10.1. The van der Waals surface area contributed by atoms with Crippen molar-refractivity contribution >= 4 is 55.7 Å². The van der Waals surface area contributed by atoms with Crippen molar-refractivity contribution in [2.75, 3.05) is 18.4 Å². The first kappa shape index (κ1) is 39.3. The number of benzene rings is 2. The van der Waals surface area contributed by atoms with Crippen LogP contribution in [0.25, 0.3) is 10.2 Å². The van der Waals surface area contributed by atoms with Gasteiger partial charge < -0.3 is 25.8 Å². The maximum atomic E-state index is 12.2. The van der Waals surface area contributed by atoms with Crippen molar-refractivity contribution in [2.24, 2.45) is 17.6 Å². The normalized spacial score (nSPS) is 18.0. The monoisotopic (exact) mass is 734 g/mol. The minimum absolute atomic E-state index is 0.00748. The average molecular weight is 735 g/mol. The highest BCUT2D eigenvalue weighted by Gasteiger charge is 2.41. The van der Waals surface area contributed by atoms with Gasteiger partial charge in [0.1, 0.15) is 6.04 Å². The molecule has 3 atom stereocenters. The molecule has 5 N–H and O–H groups in total. The zero-order valence-electron chi connectivity index (χ0n) is 29.9. The van der Waals surface area contributed by atoms with E-state index in [0.29, 0.717) is 24.6 Å². The number of hydroxylamine groups is 1. The summed E-state index contributed by atoms with van der Waals surface area (Å²) in [6.07, 6.45) is 11.7. The first-order chi connectivity index (χ1) is 24.5. The molecule has 2 aliphatic rings. The number of hydrogen-bond donors (Lipinski definition) is 4. The number of hydrogen-bond acceptors (Lipinski definition) is 9. The van der Waals surface area contributed by atoms with Crippen LogP contribution in [0.5, 0.6) is 5.75 Å². The number of allylic oxidation sites excluding steroid dienone is 2. The number of carbonyl (C=O) groups is 3. The van der Waals surface area contributed by atoms with Gasteiger partial charge in [-0.1, -0.05) is 94.4 Å². The van der Waals surface area contributed by atoms with E-state index in [0.717, 1.165) is 40.3 Å². The fourth-order valence-corrected chi connectivity index (χ4v) is 7.07. The Bertz CT molecular complexity index is 1760. The molecule has 0 radical (unpaired) electrons. The summed E-state index contributed by atoms with van der Waals surface area (Å²) in [6, 6.07) is 16.5. The number of nitrogens with one attached hydrogen (secondary N) is 3. The molecule has 6 rings (SSSR count). The molecular weight excluding hydrogens is 685 g/mol. The summed E-state index contributed by atoms with van der Waals surface area (Å²) < 4.78 is 1.02. The number of aromatic nitrogens is 2. The molecule has 1 aliphatic heterocycles. The molecule has 13 heteroatoms.